The average molecular weight is 203 g/mol. The molecule has 0 radical (unpaired) electrons. The van der Waals surface area contributed by atoms with Crippen LogP contribution in [0.3, 0.4) is 0 Å². The van der Waals surface area contributed by atoms with Crippen LogP contribution in [0.4, 0.5) is 0 Å². The van der Waals surface area contributed by atoms with Crippen molar-refractivity contribution >= 4 is 11.6 Å². The Kier molecular flexibility index (Phi) is 5.16. The molecule has 13 heavy (non-hydrogen) atoms. The second-order valence-corrected chi connectivity index (χ2v) is 5.07. The molecule has 0 aromatic carbocycles. The van der Waals surface area contributed by atoms with Crippen LogP contribution in [0.5, 0.6) is 0 Å². The van der Waals surface area contributed by atoms with Crippen molar-refractivity contribution in [2.45, 2.75) is 64.2 Å². The van der Waals surface area contributed by atoms with E-state index in [0.717, 1.165) is 11.8 Å². The van der Waals surface area contributed by atoms with E-state index >= 15 is 0 Å². The molecule has 0 amide bonds. The van der Waals surface area contributed by atoms with Gasteiger partial charge >= 0.3 is 0 Å². The highest BCUT2D eigenvalue weighted by Crippen LogP contribution is 2.36. The van der Waals surface area contributed by atoms with Crippen LogP contribution in [0, 0.1) is 11.8 Å². The summed E-state index contributed by atoms with van der Waals surface area (Å²) in [6.07, 6.45) is 9.42. The first-order valence-corrected chi connectivity index (χ1v) is 6.35. The Bertz CT molecular complexity index is 133. The van der Waals surface area contributed by atoms with Gasteiger partial charge in [0.05, 0.1) is 0 Å². The van der Waals surface area contributed by atoms with Crippen LogP contribution in [-0.4, -0.2) is 5.38 Å². The Morgan fingerprint density at radius 3 is 2.62 bits per heavy atom. The summed E-state index contributed by atoms with van der Waals surface area (Å²) < 4.78 is 0. The van der Waals surface area contributed by atoms with Crippen molar-refractivity contribution in [1.29, 1.82) is 0 Å². The molecule has 0 saturated heterocycles. The molecular formula is C12H23Cl. The van der Waals surface area contributed by atoms with Crippen LogP contribution in [0.15, 0.2) is 0 Å². The molecular weight excluding hydrogens is 180 g/mol. The van der Waals surface area contributed by atoms with E-state index in [1.807, 2.05) is 0 Å². The van der Waals surface area contributed by atoms with Gasteiger partial charge in [0, 0.05) is 5.38 Å². The number of rotatable bonds is 4. The van der Waals surface area contributed by atoms with Crippen LogP contribution in [-0.2, 0) is 0 Å². The van der Waals surface area contributed by atoms with Gasteiger partial charge in [0.15, 0.2) is 0 Å². The van der Waals surface area contributed by atoms with Crippen LogP contribution < -0.4 is 0 Å². The zero-order valence-electron chi connectivity index (χ0n) is 9.06. The van der Waals surface area contributed by atoms with E-state index in [-0.39, 0.29) is 0 Å². The van der Waals surface area contributed by atoms with Gasteiger partial charge in [-0.05, 0) is 37.5 Å². The fraction of sp³-hybridized carbons (Fsp3) is 1.00. The number of unbranched alkanes of at least 4 members (excludes halogenated alkanes) is 1. The maximum atomic E-state index is 6.34. The van der Waals surface area contributed by atoms with Crippen molar-refractivity contribution in [2.75, 3.05) is 0 Å². The largest absolute Gasteiger partial charge is 0.123 e. The molecule has 1 rings (SSSR count). The van der Waals surface area contributed by atoms with E-state index in [1.54, 1.807) is 0 Å². The van der Waals surface area contributed by atoms with Gasteiger partial charge < -0.3 is 0 Å². The van der Waals surface area contributed by atoms with Gasteiger partial charge in [0.2, 0.25) is 0 Å². The van der Waals surface area contributed by atoms with E-state index in [2.05, 4.69) is 13.8 Å². The molecule has 78 valence electrons. The number of alkyl halides is 1. The lowest BCUT2D eigenvalue weighted by atomic mass is 9.78. The summed E-state index contributed by atoms with van der Waals surface area (Å²) in [5, 5.41) is 0.481. The molecule has 1 heteroatoms. The summed E-state index contributed by atoms with van der Waals surface area (Å²) in [5.74, 6) is 1.79. The number of hydrogen-bond acceptors (Lipinski definition) is 0. The van der Waals surface area contributed by atoms with E-state index in [4.69, 9.17) is 11.6 Å². The zero-order chi connectivity index (χ0) is 9.68. The fourth-order valence-electron chi connectivity index (χ4n) is 2.46. The summed E-state index contributed by atoms with van der Waals surface area (Å²) in [6.45, 7) is 4.58. The Morgan fingerprint density at radius 1 is 1.23 bits per heavy atom. The predicted octanol–water partition coefficient (Wildman–Crippen LogP) is 4.61. The normalized spacial score (nSPS) is 34.8. The quantitative estimate of drug-likeness (QED) is 0.584. The van der Waals surface area contributed by atoms with Gasteiger partial charge in [-0.3, -0.25) is 0 Å². The standard InChI is InChI=1S/C12H23Cl/c1-3-5-6-11-9-10(4-2)7-8-12(11)13/h10-12H,3-9H2,1-2H3. The SMILES string of the molecule is CCCCC1CC(CC)CCC1Cl. The van der Waals surface area contributed by atoms with Crippen LogP contribution >= 0.6 is 11.6 Å². The van der Waals surface area contributed by atoms with Crippen LogP contribution in [0.25, 0.3) is 0 Å². The Morgan fingerprint density at radius 2 is 2.00 bits per heavy atom. The van der Waals surface area contributed by atoms with Crippen molar-refractivity contribution in [1.82, 2.24) is 0 Å². The van der Waals surface area contributed by atoms with Gasteiger partial charge in [0.25, 0.3) is 0 Å². The first-order valence-electron chi connectivity index (χ1n) is 5.92. The lowest BCUT2D eigenvalue weighted by Gasteiger charge is -2.32. The molecule has 1 aliphatic rings. The van der Waals surface area contributed by atoms with Crippen molar-refractivity contribution in [3.05, 3.63) is 0 Å². The first-order chi connectivity index (χ1) is 6.27. The third-order valence-electron chi connectivity index (χ3n) is 3.50. The third-order valence-corrected chi connectivity index (χ3v) is 4.08. The molecule has 0 aliphatic heterocycles. The predicted molar refractivity (Wildman–Crippen MR) is 60.3 cm³/mol. The zero-order valence-corrected chi connectivity index (χ0v) is 9.82. The first kappa shape index (κ1) is 11.4. The topological polar surface area (TPSA) is 0 Å². The number of halogens is 1. The monoisotopic (exact) mass is 202 g/mol. The van der Waals surface area contributed by atoms with Gasteiger partial charge in [-0.2, -0.15) is 0 Å². The summed E-state index contributed by atoms with van der Waals surface area (Å²) in [7, 11) is 0. The smallest absolute Gasteiger partial charge is 0.0364 e. The van der Waals surface area contributed by atoms with Crippen molar-refractivity contribution in [3.8, 4) is 0 Å². The molecule has 1 aliphatic carbocycles. The molecule has 3 atom stereocenters. The highest BCUT2D eigenvalue weighted by Gasteiger charge is 2.27. The molecule has 0 aromatic rings. The molecule has 0 nitrogen and oxygen atoms in total. The highest BCUT2D eigenvalue weighted by atomic mass is 35.5. The lowest BCUT2D eigenvalue weighted by Crippen LogP contribution is -2.25. The highest BCUT2D eigenvalue weighted by molar-refractivity contribution is 6.20. The van der Waals surface area contributed by atoms with Gasteiger partial charge in [0.1, 0.15) is 0 Å². The van der Waals surface area contributed by atoms with Crippen LogP contribution in [0.2, 0.25) is 0 Å². The Labute approximate surface area is 88.1 Å². The summed E-state index contributed by atoms with van der Waals surface area (Å²) in [5.41, 5.74) is 0. The molecule has 0 heterocycles. The van der Waals surface area contributed by atoms with E-state index in [9.17, 15) is 0 Å². The lowest BCUT2D eigenvalue weighted by molar-refractivity contribution is 0.251. The molecule has 1 fully saturated rings. The molecule has 0 bridgehead atoms. The van der Waals surface area contributed by atoms with E-state index < -0.39 is 0 Å². The fourth-order valence-corrected chi connectivity index (χ4v) is 2.81. The van der Waals surface area contributed by atoms with E-state index in [0.29, 0.717) is 5.38 Å². The maximum absolute atomic E-state index is 6.34. The number of hydrogen-bond donors (Lipinski definition) is 0. The maximum Gasteiger partial charge on any atom is 0.0364 e. The minimum Gasteiger partial charge on any atom is -0.123 e. The molecule has 0 spiro atoms. The van der Waals surface area contributed by atoms with Crippen molar-refractivity contribution < 1.29 is 0 Å². The summed E-state index contributed by atoms with van der Waals surface area (Å²) in [4.78, 5) is 0. The minimum atomic E-state index is 0.481. The Hall–Kier alpha value is 0.290. The van der Waals surface area contributed by atoms with Crippen molar-refractivity contribution in [3.63, 3.8) is 0 Å². The molecule has 1 saturated carbocycles. The van der Waals surface area contributed by atoms with Crippen LogP contribution in [0.1, 0.15) is 58.8 Å². The molecule has 0 N–H and O–H groups in total. The summed E-state index contributed by atoms with van der Waals surface area (Å²) in [6, 6.07) is 0. The van der Waals surface area contributed by atoms with Crippen molar-refractivity contribution in [2.24, 2.45) is 11.8 Å². The molecule has 3 unspecified atom stereocenters. The minimum absolute atomic E-state index is 0.481. The molecule has 0 aromatic heterocycles. The van der Waals surface area contributed by atoms with Gasteiger partial charge in [-0.15, -0.1) is 11.6 Å². The second-order valence-electron chi connectivity index (χ2n) is 4.51. The average Bonchev–Trinajstić information content (AvgIpc) is 2.17. The summed E-state index contributed by atoms with van der Waals surface area (Å²) >= 11 is 6.34. The third kappa shape index (κ3) is 3.50. The van der Waals surface area contributed by atoms with Gasteiger partial charge in [-0.1, -0.05) is 33.1 Å². The Balaban J connectivity index is 2.31. The van der Waals surface area contributed by atoms with Gasteiger partial charge in [-0.25, -0.2) is 0 Å². The van der Waals surface area contributed by atoms with E-state index in [1.165, 1.54) is 44.9 Å². The second kappa shape index (κ2) is 5.90.